The zero-order valence-electron chi connectivity index (χ0n) is 12.4. The molecule has 1 aliphatic heterocycles. The van der Waals surface area contributed by atoms with Crippen LogP contribution in [0.25, 0.3) is 0 Å². The Kier molecular flexibility index (Phi) is 4.02. The third-order valence-electron chi connectivity index (χ3n) is 4.18. The molecule has 1 N–H and O–H groups in total. The van der Waals surface area contributed by atoms with E-state index in [1.807, 2.05) is 11.8 Å². The fourth-order valence-corrected chi connectivity index (χ4v) is 2.92. The van der Waals surface area contributed by atoms with Gasteiger partial charge in [0.05, 0.1) is 6.04 Å². The fraction of sp³-hybridized carbons (Fsp3) is 0.667. The van der Waals surface area contributed by atoms with E-state index in [9.17, 15) is 4.79 Å². The lowest BCUT2D eigenvalue weighted by Crippen LogP contribution is -2.37. The van der Waals surface area contributed by atoms with Crippen LogP contribution in [0.3, 0.4) is 0 Å². The molecule has 1 fully saturated rings. The maximum Gasteiger partial charge on any atom is 0.241 e. The van der Waals surface area contributed by atoms with Crippen LogP contribution in [-0.2, 0) is 4.79 Å². The zero-order valence-corrected chi connectivity index (χ0v) is 13.3. The van der Waals surface area contributed by atoms with Gasteiger partial charge < -0.3 is 4.90 Å². The van der Waals surface area contributed by atoms with Crippen molar-refractivity contribution in [1.82, 2.24) is 10.2 Å². The normalized spacial score (nSPS) is 25.9. The monoisotopic (exact) mass is 280 g/mol. The molecule has 3 atom stereocenters. The highest BCUT2D eigenvalue weighted by atomic mass is 32.1. The Balaban J connectivity index is 2.18. The largest absolute Gasteiger partial charge is 0.321 e. The molecule has 0 bridgehead atoms. The van der Waals surface area contributed by atoms with E-state index in [1.165, 1.54) is 5.56 Å². The summed E-state index contributed by atoms with van der Waals surface area (Å²) in [4.78, 5) is 14.3. The second-order valence-electron chi connectivity index (χ2n) is 6.61. The molecular weight excluding hydrogens is 256 g/mol. The molecule has 0 aliphatic carbocycles. The van der Waals surface area contributed by atoms with E-state index in [0.717, 1.165) is 6.54 Å². The Labute approximate surface area is 120 Å². The van der Waals surface area contributed by atoms with Crippen LogP contribution in [0.4, 0.5) is 0 Å². The van der Waals surface area contributed by atoms with E-state index >= 15 is 0 Å². The molecule has 0 aromatic carbocycles. The number of rotatable bonds is 3. The van der Waals surface area contributed by atoms with Gasteiger partial charge in [0.25, 0.3) is 0 Å². The minimum absolute atomic E-state index is 0.0403. The quantitative estimate of drug-likeness (QED) is 0.922. The van der Waals surface area contributed by atoms with Crippen molar-refractivity contribution < 1.29 is 4.79 Å². The van der Waals surface area contributed by atoms with Gasteiger partial charge in [-0.05, 0) is 40.6 Å². The summed E-state index contributed by atoms with van der Waals surface area (Å²) in [6, 6.07) is 2.01. The summed E-state index contributed by atoms with van der Waals surface area (Å²) in [5, 5.41) is 7.58. The number of hydrogen-bond donors (Lipinski definition) is 1. The van der Waals surface area contributed by atoms with Crippen LogP contribution in [0.1, 0.15) is 46.3 Å². The summed E-state index contributed by atoms with van der Waals surface area (Å²) in [7, 11) is 0. The highest BCUT2D eigenvalue weighted by molar-refractivity contribution is 7.07. The second-order valence-corrected chi connectivity index (χ2v) is 7.39. The van der Waals surface area contributed by atoms with Gasteiger partial charge in [-0.25, -0.2) is 0 Å². The summed E-state index contributed by atoms with van der Waals surface area (Å²) >= 11 is 1.68. The number of hydrogen-bond acceptors (Lipinski definition) is 3. The van der Waals surface area contributed by atoms with Crippen molar-refractivity contribution in [3.63, 3.8) is 0 Å². The van der Waals surface area contributed by atoms with Gasteiger partial charge in [0.1, 0.15) is 6.17 Å². The van der Waals surface area contributed by atoms with E-state index in [4.69, 9.17) is 0 Å². The van der Waals surface area contributed by atoms with Crippen LogP contribution < -0.4 is 5.32 Å². The van der Waals surface area contributed by atoms with Crippen LogP contribution in [0, 0.1) is 11.3 Å². The first-order chi connectivity index (χ1) is 8.80. The van der Waals surface area contributed by atoms with Crippen molar-refractivity contribution in [2.24, 2.45) is 11.3 Å². The maximum atomic E-state index is 12.3. The molecule has 3 nitrogen and oxygen atoms in total. The molecule has 1 aromatic heterocycles. The molecule has 19 heavy (non-hydrogen) atoms. The summed E-state index contributed by atoms with van der Waals surface area (Å²) in [6.45, 7) is 11.7. The lowest BCUT2D eigenvalue weighted by molar-refractivity contribution is -0.130. The first-order valence-corrected chi connectivity index (χ1v) is 7.83. The number of amides is 1. The van der Waals surface area contributed by atoms with E-state index in [0.29, 0.717) is 5.92 Å². The van der Waals surface area contributed by atoms with Crippen LogP contribution >= 0.6 is 11.3 Å². The molecule has 106 valence electrons. The van der Waals surface area contributed by atoms with Crippen LogP contribution in [0.2, 0.25) is 0 Å². The van der Waals surface area contributed by atoms with Gasteiger partial charge in [0, 0.05) is 6.54 Å². The highest BCUT2D eigenvalue weighted by Gasteiger charge is 2.39. The molecule has 1 saturated heterocycles. The second kappa shape index (κ2) is 5.25. The fourth-order valence-electron chi connectivity index (χ4n) is 2.25. The van der Waals surface area contributed by atoms with E-state index in [1.54, 1.807) is 11.3 Å². The molecule has 3 unspecified atom stereocenters. The SMILES string of the molecule is CC1NC(c2ccsc2)N(CC(C)C(C)(C)C)C1=O. The minimum Gasteiger partial charge on any atom is -0.321 e. The summed E-state index contributed by atoms with van der Waals surface area (Å²) in [6.07, 6.45) is 0.0403. The number of nitrogens with zero attached hydrogens (tertiary/aromatic N) is 1. The third-order valence-corrected chi connectivity index (χ3v) is 4.88. The molecule has 2 heterocycles. The lowest BCUT2D eigenvalue weighted by atomic mass is 9.81. The van der Waals surface area contributed by atoms with Crippen molar-refractivity contribution >= 4 is 17.2 Å². The Morgan fingerprint density at radius 3 is 2.68 bits per heavy atom. The van der Waals surface area contributed by atoms with Crippen molar-refractivity contribution in [2.45, 2.75) is 46.8 Å². The maximum absolute atomic E-state index is 12.3. The number of carbonyl (C=O) groups excluding carboxylic acids is 1. The Morgan fingerprint density at radius 1 is 1.47 bits per heavy atom. The predicted molar refractivity (Wildman–Crippen MR) is 80.0 cm³/mol. The van der Waals surface area contributed by atoms with Crippen molar-refractivity contribution in [2.75, 3.05) is 6.54 Å². The van der Waals surface area contributed by atoms with Crippen LogP contribution in [0.15, 0.2) is 16.8 Å². The van der Waals surface area contributed by atoms with Gasteiger partial charge in [-0.2, -0.15) is 11.3 Å². The molecule has 0 spiro atoms. The van der Waals surface area contributed by atoms with Gasteiger partial charge in [0.15, 0.2) is 0 Å². The van der Waals surface area contributed by atoms with E-state index in [2.05, 4.69) is 49.8 Å². The smallest absolute Gasteiger partial charge is 0.241 e. The number of carbonyl (C=O) groups is 1. The first kappa shape index (κ1) is 14.5. The van der Waals surface area contributed by atoms with Gasteiger partial charge in [-0.1, -0.05) is 27.7 Å². The number of nitrogens with one attached hydrogen (secondary N) is 1. The van der Waals surface area contributed by atoms with Crippen LogP contribution in [-0.4, -0.2) is 23.4 Å². The van der Waals surface area contributed by atoms with Crippen molar-refractivity contribution in [1.29, 1.82) is 0 Å². The van der Waals surface area contributed by atoms with Gasteiger partial charge in [-0.15, -0.1) is 0 Å². The van der Waals surface area contributed by atoms with Gasteiger partial charge in [-0.3, -0.25) is 10.1 Å². The summed E-state index contributed by atoms with van der Waals surface area (Å²) in [5.41, 5.74) is 1.41. The lowest BCUT2D eigenvalue weighted by Gasteiger charge is -2.33. The topological polar surface area (TPSA) is 32.3 Å². The summed E-state index contributed by atoms with van der Waals surface area (Å²) in [5.74, 6) is 0.678. The van der Waals surface area contributed by atoms with E-state index in [-0.39, 0.29) is 23.5 Å². The first-order valence-electron chi connectivity index (χ1n) is 6.89. The predicted octanol–water partition coefficient (Wildman–Crippen LogP) is 3.25. The van der Waals surface area contributed by atoms with Gasteiger partial charge in [0.2, 0.25) is 5.91 Å². The van der Waals surface area contributed by atoms with Crippen molar-refractivity contribution in [3.8, 4) is 0 Å². The minimum atomic E-state index is -0.0860. The molecule has 1 amide bonds. The van der Waals surface area contributed by atoms with Crippen molar-refractivity contribution in [3.05, 3.63) is 22.4 Å². The highest BCUT2D eigenvalue weighted by Crippen LogP contribution is 2.32. The molecule has 0 radical (unpaired) electrons. The van der Waals surface area contributed by atoms with E-state index < -0.39 is 0 Å². The molecule has 1 aliphatic rings. The molecule has 0 saturated carbocycles. The molecule has 2 rings (SSSR count). The Bertz CT molecular complexity index is 435. The Morgan fingerprint density at radius 2 is 2.16 bits per heavy atom. The molecule has 1 aromatic rings. The summed E-state index contributed by atoms with van der Waals surface area (Å²) < 4.78 is 0. The van der Waals surface area contributed by atoms with Gasteiger partial charge >= 0.3 is 0 Å². The Hall–Kier alpha value is -0.870. The third kappa shape index (κ3) is 3.00. The molecular formula is C15H24N2OS. The molecule has 4 heteroatoms. The zero-order chi connectivity index (χ0) is 14.2. The average Bonchev–Trinajstić information content (AvgIpc) is 2.91. The number of thiophene rings is 1. The average molecular weight is 280 g/mol. The van der Waals surface area contributed by atoms with Crippen LogP contribution in [0.5, 0.6) is 0 Å². The standard InChI is InChI=1S/C15H24N2OS/c1-10(15(3,4)5)8-17-13(12-6-7-19-9-12)16-11(2)14(17)18/h6-7,9-11,13,16H,8H2,1-5H3.